The molecule has 4 atom stereocenters. The first-order valence-corrected chi connectivity index (χ1v) is 12.7. The summed E-state index contributed by atoms with van der Waals surface area (Å²) in [4.78, 5) is 33.0. The lowest BCUT2D eigenvalue weighted by atomic mass is 9.84. The van der Waals surface area contributed by atoms with Crippen molar-refractivity contribution in [2.75, 3.05) is 0 Å². The quantitative estimate of drug-likeness (QED) is 0.587. The molecule has 4 aliphatic rings. The fourth-order valence-electron chi connectivity index (χ4n) is 5.87. The van der Waals surface area contributed by atoms with Gasteiger partial charge in [0.15, 0.2) is 5.96 Å². The lowest BCUT2D eigenvalue weighted by Gasteiger charge is -2.39. The number of benzene rings is 2. The van der Waals surface area contributed by atoms with Gasteiger partial charge in [-0.3, -0.25) is 14.5 Å². The van der Waals surface area contributed by atoms with Crippen LogP contribution in [-0.2, 0) is 17.6 Å². The molecule has 2 amide bonds. The van der Waals surface area contributed by atoms with Crippen LogP contribution in [0.4, 0.5) is 0 Å². The van der Waals surface area contributed by atoms with Crippen molar-refractivity contribution in [3.8, 4) is 0 Å². The van der Waals surface area contributed by atoms with Gasteiger partial charge in [-0.2, -0.15) is 0 Å². The van der Waals surface area contributed by atoms with Crippen LogP contribution in [0.3, 0.4) is 0 Å². The third kappa shape index (κ3) is 4.33. The summed E-state index contributed by atoms with van der Waals surface area (Å²) in [5.41, 5.74) is 10.5. The molecule has 0 fully saturated rings. The molecule has 0 spiro atoms. The zero-order valence-electron chi connectivity index (χ0n) is 20.5. The van der Waals surface area contributed by atoms with E-state index >= 15 is 0 Å². The van der Waals surface area contributed by atoms with Crippen molar-refractivity contribution in [1.29, 1.82) is 0 Å². The zero-order valence-corrected chi connectivity index (χ0v) is 20.5. The molecule has 6 bridgehead atoms. The molecule has 2 aromatic carbocycles. The number of fused-ring (bicyclic) bond motifs is 5. The summed E-state index contributed by atoms with van der Waals surface area (Å²) in [6.07, 6.45) is 4.59. The lowest BCUT2D eigenvalue weighted by molar-refractivity contribution is -0.131. The van der Waals surface area contributed by atoms with Gasteiger partial charge in [-0.15, -0.1) is 0 Å². The number of rotatable bonds is 1. The van der Waals surface area contributed by atoms with Crippen LogP contribution < -0.4 is 11.1 Å². The second kappa shape index (κ2) is 9.11. The Hall–Kier alpha value is -3.19. The van der Waals surface area contributed by atoms with Gasteiger partial charge in [0.05, 0.1) is 30.1 Å². The van der Waals surface area contributed by atoms with E-state index in [-0.39, 0.29) is 23.8 Å². The Balaban J connectivity index is 1.55. The van der Waals surface area contributed by atoms with E-state index in [0.29, 0.717) is 18.4 Å². The molecule has 0 saturated heterocycles. The number of aliphatic hydroxyl groups is 1. The first kappa shape index (κ1) is 23.5. The van der Waals surface area contributed by atoms with Crippen LogP contribution in [-0.4, -0.2) is 39.4 Å². The fourth-order valence-corrected chi connectivity index (χ4v) is 5.87. The van der Waals surface area contributed by atoms with Gasteiger partial charge in [0.1, 0.15) is 0 Å². The normalized spacial score (nSPS) is 28.8. The molecule has 184 valence electrons. The molecule has 35 heavy (non-hydrogen) atoms. The molecule has 0 aromatic heterocycles. The van der Waals surface area contributed by atoms with Gasteiger partial charge >= 0.3 is 0 Å². The molecule has 4 N–H and O–H groups in total. The summed E-state index contributed by atoms with van der Waals surface area (Å²) in [5.74, 6) is -0.0305. The highest BCUT2D eigenvalue weighted by molar-refractivity contribution is 5.99. The van der Waals surface area contributed by atoms with Gasteiger partial charge in [-0.05, 0) is 67.0 Å². The van der Waals surface area contributed by atoms with Crippen molar-refractivity contribution < 1.29 is 14.7 Å². The van der Waals surface area contributed by atoms with Crippen LogP contribution in [0.2, 0.25) is 0 Å². The maximum Gasteiger partial charge on any atom is 0.251 e. The van der Waals surface area contributed by atoms with Crippen molar-refractivity contribution in [3.63, 3.8) is 0 Å². The molecule has 0 radical (unpaired) electrons. The molecule has 3 aliphatic heterocycles. The molecule has 7 nitrogen and oxygen atoms in total. The lowest BCUT2D eigenvalue weighted by Crippen LogP contribution is -2.52. The largest absolute Gasteiger partial charge is 0.390 e. The number of carbonyl (C=O) groups excluding carboxylic acids is 2. The summed E-state index contributed by atoms with van der Waals surface area (Å²) in [6.45, 7) is 3.98. The first-order valence-electron chi connectivity index (χ1n) is 12.7. The number of guanidine groups is 1. The predicted molar refractivity (Wildman–Crippen MR) is 135 cm³/mol. The number of amides is 2. The zero-order chi connectivity index (χ0) is 24.7. The molecular formula is C28H34N4O3. The number of hydrogen-bond donors (Lipinski definition) is 3. The SMILES string of the molecule is CC[C@@]12CCCCc3ccc4c(c3)[C@@H](NC(=O)c3cccc(c3)[C@@H](C)N(C(=O)C1)C(N)=N2)[C@H](O)C4. The van der Waals surface area contributed by atoms with Crippen molar-refractivity contribution >= 4 is 17.8 Å². The van der Waals surface area contributed by atoms with Crippen molar-refractivity contribution in [1.82, 2.24) is 10.2 Å². The average Bonchev–Trinajstić information content (AvgIpc) is 3.15. The van der Waals surface area contributed by atoms with Crippen molar-refractivity contribution in [2.45, 2.75) is 82.5 Å². The first-order chi connectivity index (χ1) is 16.8. The molecule has 7 heteroatoms. The fraction of sp³-hybridized carbons (Fsp3) is 0.464. The number of nitrogens with zero attached hydrogens (tertiary/aromatic N) is 2. The Kier molecular flexibility index (Phi) is 6.13. The maximum atomic E-state index is 13.3. The standard InChI is InChI=1S/C28H34N4O3/c1-3-28-12-5-4-7-18-10-11-20-15-23(33)25(22(20)13-18)30-26(35)21-9-6-8-19(14-21)17(2)32(24(34)16-28)27(29)31-28/h6,8-11,13-14,17,23,25,33H,3-5,7,12,15-16H2,1-2H3,(H2,29,31)(H,30,35)/t17-,23-,25-,28-/m1/s1. The van der Waals surface area contributed by atoms with Gasteiger partial charge in [0.25, 0.3) is 5.91 Å². The van der Waals surface area contributed by atoms with Crippen LogP contribution in [0.1, 0.15) is 90.6 Å². The monoisotopic (exact) mass is 474 g/mol. The summed E-state index contributed by atoms with van der Waals surface area (Å²) in [7, 11) is 0. The minimum atomic E-state index is -0.656. The summed E-state index contributed by atoms with van der Waals surface area (Å²) in [5, 5.41) is 13.8. The molecule has 3 heterocycles. The molecule has 0 unspecified atom stereocenters. The smallest absolute Gasteiger partial charge is 0.251 e. The highest BCUT2D eigenvalue weighted by Crippen LogP contribution is 2.36. The predicted octanol–water partition coefficient (Wildman–Crippen LogP) is 3.56. The Labute approximate surface area is 206 Å². The molecule has 2 aromatic rings. The van der Waals surface area contributed by atoms with E-state index in [9.17, 15) is 14.7 Å². The number of nitrogens with one attached hydrogen (secondary N) is 1. The van der Waals surface area contributed by atoms with Crippen molar-refractivity contribution in [2.24, 2.45) is 10.7 Å². The van der Waals surface area contributed by atoms with Gasteiger partial charge in [0.2, 0.25) is 5.91 Å². The van der Waals surface area contributed by atoms with E-state index in [4.69, 9.17) is 10.7 Å². The Bertz CT molecular complexity index is 1190. The third-order valence-corrected chi connectivity index (χ3v) is 8.03. The topological polar surface area (TPSA) is 108 Å². The number of hydrogen-bond acceptors (Lipinski definition) is 5. The minimum Gasteiger partial charge on any atom is -0.390 e. The van der Waals surface area contributed by atoms with Crippen LogP contribution in [0, 0.1) is 0 Å². The molecule has 1 aliphatic carbocycles. The molecule has 0 saturated carbocycles. The Morgan fingerprint density at radius 1 is 1.20 bits per heavy atom. The molecule has 6 rings (SSSR count). The maximum absolute atomic E-state index is 13.3. The number of aryl methyl sites for hydroxylation is 1. The summed E-state index contributed by atoms with van der Waals surface area (Å²) < 4.78 is 0. The Morgan fingerprint density at radius 2 is 2.03 bits per heavy atom. The summed E-state index contributed by atoms with van der Waals surface area (Å²) in [6, 6.07) is 12.8. The number of nitrogens with two attached hydrogens (primary N) is 1. The van der Waals surface area contributed by atoms with E-state index in [2.05, 4.69) is 30.4 Å². The third-order valence-electron chi connectivity index (χ3n) is 8.03. The highest BCUT2D eigenvalue weighted by atomic mass is 16.3. The Morgan fingerprint density at radius 3 is 2.80 bits per heavy atom. The minimum absolute atomic E-state index is 0.0304. The van der Waals surface area contributed by atoms with Crippen molar-refractivity contribution in [3.05, 3.63) is 70.3 Å². The van der Waals surface area contributed by atoms with Gasteiger partial charge in [-0.25, -0.2) is 4.99 Å². The van der Waals surface area contributed by atoms with E-state index in [1.165, 1.54) is 5.56 Å². The van der Waals surface area contributed by atoms with Gasteiger partial charge in [0, 0.05) is 12.0 Å². The number of carbonyl (C=O) groups is 2. The second-order valence-corrected chi connectivity index (χ2v) is 10.3. The van der Waals surface area contributed by atoms with Gasteiger partial charge < -0.3 is 16.2 Å². The second-order valence-electron chi connectivity index (χ2n) is 10.3. The average molecular weight is 475 g/mol. The highest BCUT2D eigenvalue weighted by Gasteiger charge is 2.40. The summed E-state index contributed by atoms with van der Waals surface area (Å²) >= 11 is 0. The van der Waals surface area contributed by atoms with Crippen LogP contribution in [0.5, 0.6) is 0 Å². The van der Waals surface area contributed by atoms with Crippen LogP contribution in [0.15, 0.2) is 47.5 Å². The van der Waals surface area contributed by atoms with E-state index in [1.807, 2.05) is 19.1 Å². The van der Waals surface area contributed by atoms with Crippen LogP contribution >= 0.6 is 0 Å². The number of aliphatic imine (C=N–C) groups is 1. The molecular weight excluding hydrogens is 440 g/mol. The number of aliphatic hydroxyl groups excluding tert-OH is 1. The van der Waals surface area contributed by atoms with E-state index < -0.39 is 17.7 Å². The van der Waals surface area contributed by atoms with Crippen LogP contribution in [0.25, 0.3) is 0 Å². The van der Waals surface area contributed by atoms with E-state index in [0.717, 1.165) is 48.8 Å². The van der Waals surface area contributed by atoms with E-state index in [1.54, 1.807) is 17.0 Å². The van der Waals surface area contributed by atoms with Gasteiger partial charge in [-0.1, -0.05) is 43.7 Å².